The molecule has 31 heavy (non-hydrogen) atoms. The number of aliphatic hydroxyl groups excluding tert-OH is 2. The van der Waals surface area contributed by atoms with Crippen LogP contribution in [0.15, 0.2) is 54.6 Å². The Kier molecular flexibility index (Phi) is 6.28. The summed E-state index contributed by atoms with van der Waals surface area (Å²) in [5, 5.41) is 31.4. The first kappa shape index (κ1) is 17.6. The minimum absolute atomic E-state index is 0. The van der Waals surface area contributed by atoms with Gasteiger partial charge in [0.15, 0.2) is 0 Å². The number of carbonyl (C=O) groups excluding carboxylic acids is 1. The Bertz CT molecular complexity index is 1240. The summed E-state index contributed by atoms with van der Waals surface area (Å²) < 4.78 is 62.9. The molecule has 5 nitrogen and oxygen atoms in total. The molecule has 1 aromatic heterocycles. The van der Waals surface area contributed by atoms with Crippen LogP contribution in [0.3, 0.4) is 0 Å². The summed E-state index contributed by atoms with van der Waals surface area (Å²) in [6.07, 6.45) is -1.23. The minimum Gasteiger partial charge on any atom is -0.550 e. The third-order valence-corrected chi connectivity index (χ3v) is 4.73. The normalized spacial score (nSPS) is 17.2. The molecule has 0 spiro atoms. The monoisotopic (exact) mass is 439 g/mol. The first-order chi connectivity index (χ1) is 16.7. The van der Waals surface area contributed by atoms with Crippen LogP contribution in [0.5, 0.6) is 0 Å². The molecule has 0 saturated carbocycles. The van der Waals surface area contributed by atoms with Gasteiger partial charge in [-0.3, -0.25) is 0 Å². The van der Waals surface area contributed by atoms with Gasteiger partial charge in [0.05, 0.1) is 12.2 Å². The van der Waals surface area contributed by atoms with Crippen LogP contribution in [-0.4, -0.2) is 33.0 Å². The number of carbonyl (C=O) groups is 1. The van der Waals surface area contributed by atoms with Gasteiger partial charge in [0.1, 0.15) is 5.82 Å². The number of halogens is 1. The second-order valence-corrected chi connectivity index (χ2v) is 6.95. The predicted molar refractivity (Wildman–Crippen MR) is 113 cm³/mol. The maximum Gasteiger partial charge on any atom is 1.00 e. The number of benzene rings is 2. The van der Waals surface area contributed by atoms with Crippen molar-refractivity contribution in [3.05, 3.63) is 66.1 Å². The van der Waals surface area contributed by atoms with Crippen molar-refractivity contribution in [3.63, 3.8) is 0 Å². The molecule has 0 fully saturated rings. The Morgan fingerprint density at radius 3 is 2.52 bits per heavy atom. The Balaban J connectivity index is 0.00000481. The van der Waals surface area contributed by atoms with Crippen molar-refractivity contribution in [3.8, 4) is 11.1 Å². The van der Waals surface area contributed by atoms with Crippen molar-refractivity contribution in [2.24, 2.45) is 0 Å². The van der Waals surface area contributed by atoms with Crippen LogP contribution in [0.2, 0.25) is 0 Å². The largest absolute Gasteiger partial charge is 1.00 e. The van der Waals surface area contributed by atoms with Gasteiger partial charge in [-0.2, -0.15) is 0 Å². The van der Waals surface area contributed by atoms with E-state index in [1.807, 2.05) is 0 Å². The molecular weight excluding hydrogens is 408 g/mol. The second kappa shape index (κ2) is 11.1. The minimum atomic E-state index is -2.95. The number of carboxylic acids is 1. The van der Waals surface area contributed by atoms with Gasteiger partial charge >= 0.3 is 29.6 Å². The first-order valence-electron chi connectivity index (χ1n) is 12.3. The fraction of sp³-hybridized carbons (Fsp3) is 0.292. The fourth-order valence-corrected chi connectivity index (χ4v) is 3.48. The molecule has 0 bridgehead atoms. The average molecular weight is 439 g/mol. The number of rotatable bonds is 8. The molecule has 2 atom stereocenters. The number of hydrogen-bond acceptors (Lipinski definition) is 4. The van der Waals surface area contributed by atoms with E-state index in [0.717, 1.165) is 0 Å². The quantitative estimate of drug-likeness (QED) is 0.495. The molecule has 2 aromatic carbocycles. The summed E-state index contributed by atoms with van der Waals surface area (Å²) >= 11 is 0. The maximum absolute atomic E-state index is 13.7. The van der Waals surface area contributed by atoms with Crippen LogP contribution >= 0.6 is 0 Å². The van der Waals surface area contributed by atoms with E-state index in [2.05, 4.69) is 0 Å². The molecule has 1 heterocycles. The molecular formula is C24H25FNNaO4. The van der Waals surface area contributed by atoms with Crippen molar-refractivity contribution in [2.75, 3.05) is 0 Å². The van der Waals surface area contributed by atoms with E-state index < -0.39 is 50.2 Å². The second-order valence-electron chi connectivity index (χ2n) is 6.95. The summed E-state index contributed by atoms with van der Waals surface area (Å²) in [5.74, 6) is -1.99. The SMILES string of the molecule is [2H]C([2H])([2H])C(n1c(/C=C/[C@@H](O)C[C@@H](O)CC(=O)[O-])c(-c2ccc(F)cc2)c2ccccc21)C([2H])([2H])[2H].[Na+]. The van der Waals surface area contributed by atoms with Crippen molar-refractivity contribution in [1.29, 1.82) is 0 Å². The van der Waals surface area contributed by atoms with Gasteiger partial charge in [0, 0.05) is 55.2 Å². The van der Waals surface area contributed by atoms with Gasteiger partial charge in [-0.15, -0.1) is 0 Å². The van der Waals surface area contributed by atoms with E-state index in [-0.39, 0.29) is 41.7 Å². The number of aliphatic hydroxyl groups is 2. The summed E-state index contributed by atoms with van der Waals surface area (Å²) in [5.41, 5.74) is 1.34. The first-order valence-corrected chi connectivity index (χ1v) is 9.33. The number of aromatic nitrogens is 1. The Hall–Kier alpha value is -1.96. The molecule has 2 N–H and O–H groups in total. The van der Waals surface area contributed by atoms with E-state index in [1.165, 1.54) is 41.0 Å². The van der Waals surface area contributed by atoms with Crippen molar-refractivity contribution >= 4 is 22.9 Å². The van der Waals surface area contributed by atoms with Crippen LogP contribution in [-0.2, 0) is 4.79 Å². The van der Waals surface area contributed by atoms with Gasteiger partial charge in [-0.1, -0.05) is 36.4 Å². The van der Waals surface area contributed by atoms with Crippen molar-refractivity contribution in [2.45, 2.75) is 44.8 Å². The molecule has 3 aromatic rings. The summed E-state index contributed by atoms with van der Waals surface area (Å²) in [4.78, 5) is 10.7. The van der Waals surface area contributed by atoms with Gasteiger partial charge in [-0.05, 0) is 43.5 Å². The third-order valence-electron chi connectivity index (χ3n) is 4.73. The van der Waals surface area contributed by atoms with Crippen LogP contribution in [0.25, 0.3) is 28.1 Å². The van der Waals surface area contributed by atoms with Crippen LogP contribution < -0.4 is 34.7 Å². The summed E-state index contributed by atoms with van der Waals surface area (Å²) in [6.45, 7) is -5.89. The molecule has 0 aliphatic heterocycles. The number of fused-ring (bicyclic) bond motifs is 1. The van der Waals surface area contributed by atoms with E-state index in [4.69, 9.17) is 8.22 Å². The van der Waals surface area contributed by atoms with Crippen molar-refractivity contribution in [1.82, 2.24) is 4.57 Å². The number of aliphatic carboxylic acids is 1. The van der Waals surface area contributed by atoms with E-state index in [1.54, 1.807) is 24.3 Å². The molecule has 158 valence electrons. The summed E-state index contributed by atoms with van der Waals surface area (Å²) in [7, 11) is 0. The zero-order valence-electron chi connectivity index (χ0n) is 23.0. The molecule has 0 amide bonds. The molecule has 0 aliphatic carbocycles. The van der Waals surface area contributed by atoms with Crippen LogP contribution in [0.4, 0.5) is 4.39 Å². The topological polar surface area (TPSA) is 85.5 Å². The van der Waals surface area contributed by atoms with Crippen molar-refractivity contribution < 1.29 is 62.3 Å². The van der Waals surface area contributed by atoms with Crippen LogP contribution in [0, 0.1) is 5.82 Å². The fourth-order valence-electron chi connectivity index (χ4n) is 3.48. The number of nitrogens with zero attached hydrogens (tertiary/aromatic N) is 1. The Morgan fingerprint density at radius 2 is 1.87 bits per heavy atom. The Labute approximate surface area is 211 Å². The number of para-hydroxylation sites is 1. The molecule has 0 radical (unpaired) electrons. The smallest absolute Gasteiger partial charge is 0.550 e. The molecule has 0 aliphatic rings. The molecule has 7 heteroatoms. The van der Waals surface area contributed by atoms with Gasteiger partial charge < -0.3 is 24.7 Å². The van der Waals surface area contributed by atoms with E-state index in [9.17, 15) is 24.5 Å². The summed E-state index contributed by atoms with van der Waals surface area (Å²) in [6, 6.07) is 9.99. The van der Waals surface area contributed by atoms with Gasteiger partial charge in [0.2, 0.25) is 0 Å². The molecule has 0 unspecified atom stereocenters. The molecule has 3 rings (SSSR count). The Morgan fingerprint density at radius 1 is 1.19 bits per heavy atom. The zero-order chi connectivity index (χ0) is 26.8. The van der Waals surface area contributed by atoms with Gasteiger partial charge in [-0.25, -0.2) is 4.39 Å². The van der Waals surface area contributed by atoms with E-state index in [0.29, 0.717) is 22.0 Å². The predicted octanol–water partition coefficient (Wildman–Crippen LogP) is 0.297. The average Bonchev–Trinajstić information content (AvgIpc) is 3.04. The standard InChI is InChI=1S/C24H26FNO4.Na/c1-15(2)26-21-6-4-3-5-20(21)24(16-7-9-17(25)10-8-16)22(26)12-11-18(27)13-19(28)14-23(29)30;/h3-12,15,18-19,27-28H,13-14H2,1-2H3,(H,29,30);/q;+1/p-1/b12-11+;/t18-,19-;/m1./s1/i1D3,2D3;. The number of carboxylic acid groups (broad SMARTS) is 1. The maximum atomic E-state index is 13.7. The third kappa shape index (κ3) is 6.05. The zero-order valence-corrected chi connectivity index (χ0v) is 19.0. The number of hydrogen-bond donors (Lipinski definition) is 2. The van der Waals surface area contributed by atoms with Crippen LogP contribution in [0.1, 0.15) is 46.5 Å². The molecule has 0 saturated heterocycles. The van der Waals surface area contributed by atoms with E-state index >= 15 is 0 Å². The van der Waals surface area contributed by atoms with Gasteiger partial charge in [0.25, 0.3) is 0 Å².